The summed E-state index contributed by atoms with van der Waals surface area (Å²) in [5, 5.41) is 13.9. The number of thiazole rings is 1. The molecule has 0 radical (unpaired) electrons. The lowest BCUT2D eigenvalue weighted by atomic mass is 10.0. The summed E-state index contributed by atoms with van der Waals surface area (Å²) in [6.07, 6.45) is 1.44. The van der Waals surface area contributed by atoms with Crippen LogP contribution in [0.4, 0.5) is 15.2 Å². The second kappa shape index (κ2) is 8.55. The fraction of sp³-hybridized carbons (Fsp3) is 0.222. The highest BCUT2D eigenvalue weighted by molar-refractivity contribution is 7.16. The molecule has 1 aromatic carbocycles. The number of halogens is 1. The van der Waals surface area contributed by atoms with E-state index in [1.165, 1.54) is 18.4 Å². The number of nitrogens with one attached hydrogen (secondary N) is 1. The fourth-order valence-electron chi connectivity index (χ4n) is 2.74. The molecule has 1 N–H and O–H groups in total. The van der Waals surface area contributed by atoms with Gasteiger partial charge in [-0.05, 0) is 19.1 Å². The summed E-state index contributed by atoms with van der Waals surface area (Å²) < 4.78 is 18.1. The number of nitro groups is 1. The number of thiophene rings is 1. The molecule has 146 valence electrons. The normalized spacial score (nSPS) is 10.8. The molecule has 0 aliphatic rings. The van der Waals surface area contributed by atoms with Crippen molar-refractivity contribution >= 4 is 39.4 Å². The minimum absolute atomic E-state index is 0.00903. The topological polar surface area (TPSA) is 94.4 Å². The van der Waals surface area contributed by atoms with Gasteiger partial charge in [0.15, 0.2) is 10.3 Å². The third-order valence-electron chi connectivity index (χ3n) is 4.00. The van der Waals surface area contributed by atoms with Gasteiger partial charge in [0.2, 0.25) is 0 Å². The highest BCUT2D eigenvalue weighted by atomic mass is 32.1. The third-order valence-corrected chi connectivity index (χ3v) is 5.79. The van der Waals surface area contributed by atoms with Crippen molar-refractivity contribution in [2.75, 3.05) is 19.0 Å². The second-order valence-electron chi connectivity index (χ2n) is 5.82. The molecule has 0 bridgehead atoms. The summed E-state index contributed by atoms with van der Waals surface area (Å²) in [4.78, 5) is 28.9. The molecular formula is C18H16FN3O4S2. The molecule has 0 saturated heterocycles. The smallest absolute Gasteiger partial charge is 0.281 e. The molecule has 3 rings (SSSR count). The third kappa shape index (κ3) is 4.24. The number of aromatic nitrogens is 1. The largest absolute Gasteiger partial charge is 0.384 e. The predicted molar refractivity (Wildman–Crippen MR) is 107 cm³/mol. The maximum atomic E-state index is 13.1. The van der Waals surface area contributed by atoms with Gasteiger partial charge in [0.05, 0.1) is 28.9 Å². The van der Waals surface area contributed by atoms with Crippen LogP contribution in [0.1, 0.15) is 20.8 Å². The molecule has 10 heteroatoms. The number of para-hydroxylation sites is 1. The number of benzene rings is 1. The Bertz CT molecular complexity index is 1030. The Labute approximate surface area is 168 Å². The lowest BCUT2D eigenvalue weighted by molar-refractivity contribution is -0.384. The predicted octanol–water partition coefficient (Wildman–Crippen LogP) is 4.67. The zero-order valence-electron chi connectivity index (χ0n) is 15.0. The number of nitrogens with zero attached hydrogens (tertiary/aromatic N) is 2. The first-order valence-corrected chi connectivity index (χ1v) is 9.82. The van der Waals surface area contributed by atoms with Gasteiger partial charge in [-0.25, -0.2) is 4.98 Å². The van der Waals surface area contributed by atoms with Crippen LogP contribution in [0.3, 0.4) is 0 Å². The number of anilines is 1. The molecule has 3 aromatic rings. The van der Waals surface area contributed by atoms with Crippen LogP contribution in [-0.4, -0.2) is 29.5 Å². The van der Waals surface area contributed by atoms with Crippen LogP contribution in [0.2, 0.25) is 0 Å². The summed E-state index contributed by atoms with van der Waals surface area (Å²) in [6, 6.07) is 6.73. The molecule has 0 saturated carbocycles. The number of ether oxygens (including phenoxy) is 1. The van der Waals surface area contributed by atoms with Crippen LogP contribution in [-0.2, 0) is 11.2 Å². The van der Waals surface area contributed by atoms with E-state index in [1.807, 2.05) is 0 Å². The standard InChI is InChI=1S/C18H16FN3O4S2/c1-10-13(17(23)21-18-20-9-15(19)28-18)8-14(27-10)12-5-3-4-11(6-7-26-2)16(12)22(24)25/h3-5,8-9H,6-7H2,1-2H3,(H,20,21,23). The number of carbonyl (C=O) groups is 1. The van der Waals surface area contributed by atoms with Gasteiger partial charge in [-0.1, -0.05) is 23.5 Å². The van der Waals surface area contributed by atoms with E-state index >= 15 is 0 Å². The monoisotopic (exact) mass is 421 g/mol. The Morgan fingerprint density at radius 2 is 2.18 bits per heavy atom. The molecule has 0 fully saturated rings. The second-order valence-corrected chi connectivity index (χ2v) is 8.05. The number of nitro benzene ring substituents is 1. The summed E-state index contributed by atoms with van der Waals surface area (Å²) >= 11 is 2.02. The highest BCUT2D eigenvalue weighted by Gasteiger charge is 2.24. The van der Waals surface area contributed by atoms with E-state index in [0.717, 1.165) is 17.5 Å². The Kier molecular flexibility index (Phi) is 6.12. The highest BCUT2D eigenvalue weighted by Crippen LogP contribution is 2.39. The van der Waals surface area contributed by atoms with Crippen LogP contribution in [0, 0.1) is 22.2 Å². The van der Waals surface area contributed by atoms with Gasteiger partial charge in [0.25, 0.3) is 11.6 Å². The molecule has 0 unspecified atom stereocenters. The molecule has 1 amide bonds. The lowest BCUT2D eigenvalue weighted by Crippen LogP contribution is -2.11. The summed E-state index contributed by atoms with van der Waals surface area (Å²) in [5.74, 6) is -0.437. The van der Waals surface area contributed by atoms with Crippen molar-refractivity contribution in [3.63, 3.8) is 0 Å². The quantitative estimate of drug-likeness (QED) is 0.442. The van der Waals surface area contributed by atoms with Crippen LogP contribution in [0.5, 0.6) is 0 Å². The first kappa shape index (κ1) is 20.1. The van der Waals surface area contributed by atoms with Crippen molar-refractivity contribution < 1.29 is 18.8 Å². The van der Waals surface area contributed by atoms with Crippen molar-refractivity contribution in [1.29, 1.82) is 0 Å². The van der Waals surface area contributed by atoms with E-state index in [4.69, 9.17) is 4.74 Å². The minimum atomic E-state index is -0.499. The molecule has 0 atom stereocenters. The lowest BCUT2D eigenvalue weighted by Gasteiger charge is -2.06. The van der Waals surface area contributed by atoms with E-state index in [2.05, 4.69) is 10.3 Å². The first-order chi connectivity index (χ1) is 13.4. The van der Waals surface area contributed by atoms with Crippen molar-refractivity contribution in [2.45, 2.75) is 13.3 Å². The van der Waals surface area contributed by atoms with Crippen LogP contribution >= 0.6 is 22.7 Å². The summed E-state index contributed by atoms with van der Waals surface area (Å²) in [5.41, 5.74) is 1.40. The van der Waals surface area contributed by atoms with Crippen molar-refractivity contribution in [1.82, 2.24) is 4.98 Å². The molecule has 0 aliphatic carbocycles. The van der Waals surface area contributed by atoms with E-state index in [-0.39, 0.29) is 10.8 Å². The van der Waals surface area contributed by atoms with Gasteiger partial charge in [0.1, 0.15) is 0 Å². The molecule has 0 aliphatic heterocycles. The number of rotatable bonds is 7. The molecule has 2 heterocycles. The van der Waals surface area contributed by atoms with E-state index in [1.54, 1.807) is 31.2 Å². The van der Waals surface area contributed by atoms with Gasteiger partial charge in [0, 0.05) is 28.8 Å². The van der Waals surface area contributed by atoms with Crippen molar-refractivity contribution in [3.05, 3.63) is 61.7 Å². The molecular weight excluding hydrogens is 405 g/mol. The maximum Gasteiger partial charge on any atom is 0.281 e. The van der Waals surface area contributed by atoms with E-state index in [0.29, 0.717) is 39.5 Å². The Balaban J connectivity index is 1.96. The summed E-state index contributed by atoms with van der Waals surface area (Å²) in [6.45, 7) is 2.12. The SMILES string of the molecule is COCCc1cccc(-c2cc(C(=O)Nc3ncc(F)s3)c(C)s2)c1[N+](=O)[O-]. The van der Waals surface area contributed by atoms with Crippen molar-refractivity contribution in [3.8, 4) is 10.4 Å². The molecule has 7 nitrogen and oxygen atoms in total. The van der Waals surface area contributed by atoms with E-state index < -0.39 is 16.0 Å². The summed E-state index contributed by atoms with van der Waals surface area (Å²) in [7, 11) is 1.54. The van der Waals surface area contributed by atoms with Crippen LogP contribution in [0.25, 0.3) is 10.4 Å². The average molecular weight is 421 g/mol. The number of aryl methyl sites for hydroxylation is 1. The number of amides is 1. The zero-order valence-corrected chi connectivity index (χ0v) is 16.7. The van der Waals surface area contributed by atoms with Crippen LogP contribution in [0.15, 0.2) is 30.5 Å². The average Bonchev–Trinajstić information content (AvgIpc) is 3.24. The Hall–Kier alpha value is -2.69. The van der Waals surface area contributed by atoms with Gasteiger partial charge in [-0.15, -0.1) is 11.3 Å². The van der Waals surface area contributed by atoms with Crippen molar-refractivity contribution in [2.24, 2.45) is 0 Å². The van der Waals surface area contributed by atoms with Gasteiger partial charge in [-0.3, -0.25) is 20.2 Å². The Morgan fingerprint density at radius 1 is 1.39 bits per heavy atom. The van der Waals surface area contributed by atoms with Gasteiger partial charge in [-0.2, -0.15) is 4.39 Å². The molecule has 28 heavy (non-hydrogen) atoms. The molecule has 0 spiro atoms. The Morgan fingerprint density at radius 3 is 2.82 bits per heavy atom. The maximum absolute atomic E-state index is 13.1. The number of hydrogen-bond donors (Lipinski definition) is 1. The first-order valence-electron chi connectivity index (χ1n) is 8.19. The number of methoxy groups -OCH3 is 1. The van der Waals surface area contributed by atoms with Crippen LogP contribution < -0.4 is 5.32 Å². The molecule has 2 aromatic heterocycles. The van der Waals surface area contributed by atoms with Gasteiger partial charge < -0.3 is 4.74 Å². The van der Waals surface area contributed by atoms with Gasteiger partial charge >= 0.3 is 0 Å². The van der Waals surface area contributed by atoms with E-state index in [9.17, 15) is 19.3 Å². The minimum Gasteiger partial charge on any atom is -0.384 e. The zero-order chi connectivity index (χ0) is 20.3. The number of hydrogen-bond acceptors (Lipinski definition) is 7. The number of carbonyl (C=O) groups excluding carboxylic acids is 1. The fourth-order valence-corrected chi connectivity index (χ4v) is 4.32.